The lowest BCUT2D eigenvalue weighted by Crippen LogP contribution is -2.40. The molecule has 0 radical (unpaired) electrons. The topological polar surface area (TPSA) is 260 Å². The Morgan fingerprint density at radius 2 is 1.61 bits per heavy atom. The van der Waals surface area contributed by atoms with Gasteiger partial charge in [0.25, 0.3) is 0 Å². The van der Waals surface area contributed by atoms with E-state index in [4.69, 9.17) is 27.0 Å². The zero-order chi connectivity index (χ0) is 33.8. The van der Waals surface area contributed by atoms with E-state index in [1.54, 1.807) is 30.2 Å². The molecule has 0 saturated heterocycles. The van der Waals surface area contributed by atoms with Crippen molar-refractivity contribution in [1.29, 1.82) is 0 Å². The van der Waals surface area contributed by atoms with Crippen molar-refractivity contribution in [2.24, 2.45) is 28.1 Å². The average molecular weight is 670 g/mol. The van der Waals surface area contributed by atoms with Crippen molar-refractivity contribution in [3.8, 4) is 0 Å². The molecule has 46 heavy (non-hydrogen) atoms. The fourth-order valence-corrected chi connectivity index (χ4v) is 6.10. The number of amides is 1. The molecule has 15 heteroatoms. The van der Waals surface area contributed by atoms with Gasteiger partial charge in [0.05, 0.1) is 16.6 Å². The molecule has 14 nitrogen and oxygen atoms in total. The molecule has 2 rings (SSSR count). The van der Waals surface area contributed by atoms with Gasteiger partial charge >= 0.3 is 11.9 Å². The molecule has 1 amide bonds. The Balaban J connectivity index is 0.00000132. The van der Waals surface area contributed by atoms with E-state index >= 15 is 0 Å². The molecule has 0 aliphatic rings. The molecule has 2 aromatic rings. The lowest BCUT2D eigenvalue weighted by molar-refractivity contribution is -0.140. The number of carbonyl (C=O) groups excluding carboxylic acids is 1. The first kappa shape index (κ1) is 42.2. The summed E-state index contributed by atoms with van der Waals surface area (Å²) in [5.74, 6) is -3.66. The lowest BCUT2D eigenvalue weighted by Gasteiger charge is -2.27. The fraction of sp³-hybridized carbons (Fsp3) is 0.548. The van der Waals surface area contributed by atoms with Crippen LogP contribution >= 0.6 is 0 Å². The number of nitrogens with two attached hydrogens (primary N) is 3. The number of rotatable bonds is 20. The van der Waals surface area contributed by atoms with E-state index in [1.165, 1.54) is 0 Å². The summed E-state index contributed by atoms with van der Waals surface area (Å²) in [6, 6.07) is 11.6. The molecule has 0 heterocycles. The number of sulfone groups is 1. The second kappa shape index (κ2) is 22.7. The van der Waals surface area contributed by atoms with Crippen LogP contribution in [0.25, 0.3) is 10.8 Å². The number of carboxylic acids is 2. The van der Waals surface area contributed by atoms with Gasteiger partial charge < -0.3 is 42.5 Å². The SMILES string of the molecule is CCCCCN(CCCOC)C(=O)[C@H](CCC(=O)O)CS(=O)(=O)c1ccc2ccccc2c1.NC(N)=NCCC[C@H](N)C(=O)O.O. The van der Waals surface area contributed by atoms with Gasteiger partial charge in [0, 0.05) is 39.8 Å². The van der Waals surface area contributed by atoms with Crippen LogP contribution in [0.4, 0.5) is 0 Å². The Morgan fingerprint density at radius 3 is 2.20 bits per heavy atom. The first-order valence-corrected chi connectivity index (χ1v) is 16.7. The van der Waals surface area contributed by atoms with Gasteiger partial charge in [-0.15, -0.1) is 0 Å². The molecule has 0 aromatic heterocycles. The van der Waals surface area contributed by atoms with Crippen LogP contribution in [0.5, 0.6) is 0 Å². The summed E-state index contributed by atoms with van der Waals surface area (Å²) in [5.41, 5.74) is 15.3. The van der Waals surface area contributed by atoms with Crippen molar-refractivity contribution < 1.29 is 43.2 Å². The van der Waals surface area contributed by atoms with E-state index in [0.717, 1.165) is 30.0 Å². The summed E-state index contributed by atoms with van der Waals surface area (Å²) in [6.45, 7) is 3.96. The normalized spacial score (nSPS) is 12.2. The smallest absolute Gasteiger partial charge is 0.320 e. The highest BCUT2D eigenvalue weighted by Crippen LogP contribution is 2.24. The second-order valence-electron chi connectivity index (χ2n) is 10.7. The van der Waals surface area contributed by atoms with Crippen LogP contribution in [-0.2, 0) is 29.0 Å². The Morgan fingerprint density at radius 1 is 0.957 bits per heavy atom. The number of carboxylic acid groups (broad SMARTS) is 2. The minimum absolute atomic E-state index is 0. The maximum absolute atomic E-state index is 13.4. The average Bonchev–Trinajstić information content (AvgIpc) is 3.00. The Kier molecular flexibility index (Phi) is 20.8. The molecular weight excluding hydrogens is 618 g/mol. The Labute approximate surface area is 271 Å². The third-order valence-corrected chi connectivity index (χ3v) is 8.77. The summed E-state index contributed by atoms with van der Waals surface area (Å²) in [7, 11) is -2.20. The number of fused-ring (bicyclic) bond motifs is 1. The highest BCUT2D eigenvalue weighted by Gasteiger charge is 2.30. The molecule has 0 unspecified atom stereocenters. The summed E-state index contributed by atoms with van der Waals surface area (Å²) in [6.07, 6.45) is 4.09. The molecule has 2 atom stereocenters. The number of hydrogen-bond acceptors (Lipinski definition) is 8. The molecule has 10 N–H and O–H groups in total. The van der Waals surface area contributed by atoms with Crippen molar-refractivity contribution in [3.63, 3.8) is 0 Å². The van der Waals surface area contributed by atoms with E-state index in [9.17, 15) is 27.9 Å². The molecule has 2 aromatic carbocycles. The van der Waals surface area contributed by atoms with E-state index in [1.807, 2.05) is 24.3 Å². The quantitative estimate of drug-likeness (QED) is 0.0770. The highest BCUT2D eigenvalue weighted by molar-refractivity contribution is 7.91. The van der Waals surface area contributed by atoms with Crippen LogP contribution in [0.15, 0.2) is 52.4 Å². The summed E-state index contributed by atoms with van der Waals surface area (Å²) in [5, 5.41) is 19.3. The second-order valence-corrected chi connectivity index (χ2v) is 12.7. The van der Waals surface area contributed by atoms with E-state index in [2.05, 4.69) is 11.9 Å². The molecular formula is C31H51N5O9S. The highest BCUT2D eigenvalue weighted by atomic mass is 32.2. The predicted molar refractivity (Wildman–Crippen MR) is 178 cm³/mol. The monoisotopic (exact) mass is 669 g/mol. The van der Waals surface area contributed by atoms with Crippen LogP contribution in [0.3, 0.4) is 0 Å². The van der Waals surface area contributed by atoms with Gasteiger partial charge in [0.2, 0.25) is 5.91 Å². The van der Waals surface area contributed by atoms with E-state index in [0.29, 0.717) is 45.5 Å². The molecule has 0 aliphatic carbocycles. The standard InChI is InChI=1S/C25H35NO6S.C6H14N4O2.H2O/c1-3-4-7-15-26(16-8-17-32-2)25(29)22(12-14-24(27)28)19-33(30,31)23-13-11-20-9-5-6-10-21(20)18-23;7-4(5(11)12)2-1-3-10-6(8)9;/h5-6,9-11,13,18,22H,3-4,7-8,12,14-17,19H2,1-2H3,(H,27,28);4H,1-3,7H2,(H,11,12)(H4,8,9,10);1H2/t22-;4-;/m10./s1. The maximum Gasteiger partial charge on any atom is 0.320 e. The molecule has 0 bridgehead atoms. The van der Waals surface area contributed by atoms with Gasteiger partial charge in [-0.1, -0.05) is 50.1 Å². The number of aliphatic imine (C=N–C) groups is 1. The van der Waals surface area contributed by atoms with Crippen molar-refractivity contribution in [2.75, 3.05) is 39.1 Å². The number of unbranched alkanes of at least 4 members (excludes halogenated alkanes) is 2. The fourth-order valence-electron chi connectivity index (χ4n) is 4.48. The summed E-state index contributed by atoms with van der Waals surface area (Å²) >= 11 is 0. The predicted octanol–water partition coefficient (Wildman–Crippen LogP) is 1.78. The largest absolute Gasteiger partial charge is 0.481 e. The molecule has 260 valence electrons. The van der Waals surface area contributed by atoms with Crippen molar-refractivity contribution in [3.05, 3.63) is 42.5 Å². The zero-order valence-electron chi connectivity index (χ0n) is 26.8. The van der Waals surface area contributed by atoms with Crippen LogP contribution in [0.2, 0.25) is 0 Å². The number of carbonyl (C=O) groups is 3. The number of benzene rings is 2. The number of methoxy groups -OCH3 is 1. The Bertz CT molecular complexity index is 1340. The van der Waals surface area contributed by atoms with Crippen molar-refractivity contribution in [1.82, 2.24) is 4.90 Å². The number of ether oxygens (including phenoxy) is 1. The van der Waals surface area contributed by atoms with Gasteiger partial charge in [-0.2, -0.15) is 0 Å². The van der Waals surface area contributed by atoms with Gasteiger partial charge in [-0.05, 0) is 55.0 Å². The first-order chi connectivity index (χ1) is 21.3. The number of guanidine groups is 1. The first-order valence-electron chi connectivity index (χ1n) is 15.1. The van der Waals surface area contributed by atoms with E-state index < -0.39 is 39.5 Å². The summed E-state index contributed by atoms with van der Waals surface area (Å²) in [4.78, 5) is 40.3. The number of aliphatic carboxylic acids is 2. The number of nitrogens with zero attached hydrogens (tertiary/aromatic N) is 2. The van der Waals surface area contributed by atoms with E-state index in [-0.39, 0.29) is 35.1 Å². The van der Waals surface area contributed by atoms with Crippen LogP contribution in [0.1, 0.15) is 58.3 Å². The van der Waals surface area contributed by atoms with Crippen LogP contribution < -0.4 is 17.2 Å². The van der Waals surface area contributed by atoms with Gasteiger partial charge in [-0.25, -0.2) is 8.42 Å². The number of hydrogen-bond donors (Lipinski definition) is 5. The lowest BCUT2D eigenvalue weighted by atomic mass is 10.0. The van der Waals surface area contributed by atoms with Gasteiger partial charge in [0.15, 0.2) is 15.8 Å². The third-order valence-electron chi connectivity index (χ3n) is 6.96. The third kappa shape index (κ3) is 16.5. The molecule has 0 aliphatic heterocycles. The van der Waals surface area contributed by atoms with Crippen molar-refractivity contribution in [2.45, 2.75) is 69.2 Å². The van der Waals surface area contributed by atoms with Gasteiger partial charge in [-0.3, -0.25) is 19.4 Å². The van der Waals surface area contributed by atoms with Gasteiger partial charge in [0.1, 0.15) is 6.04 Å². The maximum atomic E-state index is 13.4. The minimum Gasteiger partial charge on any atom is -0.481 e. The zero-order valence-corrected chi connectivity index (χ0v) is 27.6. The molecule has 0 fully saturated rings. The van der Waals surface area contributed by atoms with Crippen LogP contribution in [0, 0.1) is 5.92 Å². The molecule has 0 saturated carbocycles. The van der Waals surface area contributed by atoms with Crippen molar-refractivity contribution >= 4 is 44.4 Å². The van der Waals surface area contributed by atoms with Crippen LogP contribution in [-0.4, -0.2) is 98.0 Å². The molecule has 0 spiro atoms. The Hall–Kier alpha value is -3.79. The minimum atomic E-state index is -3.79. The summed E-state index contributed by atoms with van der Waals surface area (Å²) < 4.78 is 31.6.